The molecule has 32 heavy (non-hydrogen) atoms. The second kappa shape index (κ2) is 8.07. The van der Waals surface area contributed by atoms with Gasteiger partial charge in [-0.15, -0.1) is 0 Å². The van der Waals surface area contributed by atoms with Crippen LogP contribution >= 0.6 is 0 Å². The molecule has 6 heteroatoms. The van der Waals surface area contributed by atoms with E-state index in [4.69, 9.17) is 15.5 Å². The van der Waals surface area contributed by atoms with Gasteiger partial charge in [-0.2, -0.15) is 0 Å². The number of nitrogens with zero attached hydrogens (tertiary/aromatic N) is 4. The number of hydrogen-bond acceptors (Lipinski definition) is 5. The summed E-state index contributed by atoms with van der Waals surface area (Å²) in [7, 11) is 4.05. The van der Waals surface area contributed by atoms with Crippen LogP contribution < -0.4 is 15.4 Å². The zero-order valence-corrected chi connectivity index (χ0v) is 17.9. The molecule has 5 rings (SSSR count). The van der Waals surface area contributed by atoms with E-state index in [2.05, 4.69) is 34.1 Å². The Morgan fingerprint density at radius 1 is 0.812 bits per heavy atom. The molecule has 2 aromatic heterocycles. The van der Waals surface area contributed by atoms with Crippen LogP contribution in [-0.2, 0) is 0 Å². The Morgan fingerprint density at radius 3 is 2.16 bits per heavy atom. The molecule has 0 saturated carbocycles. The summed E-state index contributed by atoms with van der Waals surface area (Å²) < 4.78 is 7.92. The topological polar surface area (TPSA) is 68.7 Å². The van der Waals surface area contributed by atoms with Crippen LogP contribution in [0.4, 0.5) is 11.5 Å². The highest BCUT2D eigenvalue weighted by atomic mass is 16.5. The second-order valence-corrected chi connectivity index (χ2v) is 7.70. The summed E-state index contributed by atoms with van der Waals surface area (Å²) >= 11 is 0. The van der Waals surface area contributed by atoms with Crippen molar-refractivity contribution >= 4 is 17.0 Å². The van der Waals surface area contributed by atoms with Crippen LogP contribution in [-0.4, -0.2) is 28.5 Å². The van der Waals surface area contributed by atoms with Crippen LogP contribution in [0.25, 0.3) is 28.2 Å². The van der Waals surface area contributed by atoms with Crippen molar-refractivity contribution in [2.75, 3.05) is 24.7 Å². The fourth-order valence-electron chi connectivity index (χ4n) is 3.68. The quantitative estimate of drug-likeness (QED) is 0.406. The maximum atomic E-state index is 6.28. The molecule has 0 amide bonds. The molecule has 0 radical (unpaired) electrons. The van der Waals surface area contributed by atoms with Crippen molar-refractivity contribution in [3.8, 4) is 34.1 Å². The number of aromatic nitrogens is 3. The lowest BCUT2D eigenvalue weighted by Crippen LogP contribution is -2.08. The predicted molar refractivity (Wildman–Crippen MR) is 129 cm³/mol. The van der Waals surface area contributed by atoms with Gasteiger partial charge in [0.05, 0.1) is 0 Å². The fourth-order valence-corrected chi connectivity index (χ4v) is 3.68. The smallest absolute Gasteiger partial charge is 0.150 e. The Labute approximate surface area is 186 Å². The van der Waals surface area contributed by atoms with Crippen molar-refractivity contribution < 1.29 is 4.74 Å². The number of benzene rings is 3. The van der Waals surface area contributed by atoms with Crippen molar-refractivity contribution in [3.05, 3.63) is 91.3 Å². The molecule has 158 valence electrons. The molecule has 0 aliphatic heterocycles. The van der Waals surface area contributed by atoms with Crippen LogP contribution in [0.2, 0.25) is 0 Å². The number of para-hydroxylation sites is 1. The van der Waals surface area contributed by atoms with E-state index in [-0.39, 0.29) is 0 Å². The molecule has 2 heterocycles. The molecular weight excluding hydrogens is 398 g/mol. The average molecular weight is 422 g/mol. The molecule has 0 saturated heterocycles. The third-order valence-corrected chi connectivity index (χ3v) is 5.33. The number of ether oxygens (including phenoxy) is 1. The summed E-state index contributed by atoms with van der Waals surface area (Å²) in [6.45, 7) is 0. The highest BCUT2D eigenvalue weighted by Gasteiger charge is 2.17. The first-order chi connectivity index (χ1) is 15.6. The number of nitrogens with two attached hydrogens (primary N) is 1. The van der Waals surface area contributed by atoms with Gasteiger partial charge >= 0.3 is 0 Å². The normalized spacial score (nSPS) is 10.9. The molecule has 5 aromatic rings. The first-order valence-corrected chi connectivity index (χ1v) is 10.3. The van der Waals surface area contributed by atoms with Crippen molar-refractivity contribution in [1.82, 2.24) is 14.4 Å². The number of nitrogen functional groups attached to an aromatic ring is 1. The molecule has 0 fully saturated rings. The van der Waals surface area contributed by atoms with E-state index >= 15 is 0 Å². The Bertz CT molecular complexity index is 1360. The average Bonchev–Trinajstić information content (AvgIpc) is 3.21. The summed E-state index contributed by atoms with van der Waals surface area (Å²) in [5, 5.41) is 0. The first kappa shape index (κ1) is 19.6. The highest BCUT2D eigenvalue weighted by Crippen LogP contribution is 2.33. The summed E-state index contributed by atoms with van der Waals surface area (Å²) in [5.74, 6) is 2.81. The summed E-state index contributed by atoms with van der Waals surface area (Å²) in [6, 6.07) is 25.9. The molecule has 0 aliphatic carbocycles. The van der Waals surface area contributed by atoms with Crippen LogP contribution in [0.3, 0.4) is 0 Å². The lowest BCUT2D eigenvalue weighted by molar-refractivity contribution is 0.483. The van der Waals surface area contributed by atoms with Gasteiger partial charge in [0.15, 0.2) is 0 Å². The molecule has 0 aliphatic rings. The van der Waals surface area contributed by atoms with Gasteiger partial charge in [-0.05, 0) is 60.7 Å². The molecule has 3 aromatic carbocycles. The van der Waals surface area contributed by atoms with Gasteiger partial charge < -0.3 is 15.4 Å². The van der Waals surface area contributed by atoms with Gasteiger partial charge in [0.2, 0.25) is 0 Å². The van der Waals surface area contributed by atoms with Gasteiger partial charge in [-0.1, -0.05) is 18.2 Å². The molecule has 0 atom stereocenters. The summed E-state index contributed by atoms with van der Waals surface area (Å²) in [4.78, 5) is 11.3. The van der Waals surface area contributed by atoms with Gasteiger partial charge in [-0.25, -0.2) is 9.97 Å². The molecule has 0 unspecified atom stereocenters. The highest BCUT2D eigenvalue weighted by molar-refractivity contribution is 5.88. The molecule has 6 nitrogen and oxygen atoms in total. The zero-order valence-electron chi connectivity index (χ0n) is 17.9. The van der Waals surface area contributed by atoms with Crippen molar-refractivity contribution in [1.29, 1.82) is 0 Å². The number of fused-ring (bicyclic) bond motifs is 1. The number of rotatable bonds is 5. The Balaban J connectivity index is 1.56. The minimum absolute atomic E-state index is 0.441. The largest absolute Gasteiger partial charge is 0.457 e. The van der Waals surface area contributed by atoms with Crippen molar-refractivity contribution in [2.45, 2.75) is 0 Å². The number of imidazole rings is 1. The van der Waals surface area contributed by atoms with E-state index in [1.165, 1.54) is 0 Å². The minimum atomic E-state index is 0.441. The lowest BCUT2D eigenvalue weighted by atomic mass is 10.1. The Kier molecular flexibility index (Phi) is 4.95. The van der Waals surface area contributed by atoms with Crippen LogP contribution in [0.15, 0.2) is 91.3 Å². The third kappa shape index (κ3) is 3.63. The minimum Gasteiger partial charge on any atom is -0.457 e. The SMILES string of the molecule is CN(C)c1ccc(-c2nc(-c3ccc(Oc4ccccc4)cc3)c3c(N)nccn23)cc1. The van der Waals surface area contributed by atoms with E-state index in [0.717, 1.165) is 45.3 Å². The third-order valence-electron chi connectivity index (χ3n) is 5.33. The van der Waals surface area contributed by atoms with Crippen LogP contribution in [0.5, 0.6) is 11.5 Å². The Hall–Kier alpha value is -4.32. The van der Waals surface area contributed by atoms with E-state index in [0.29, 0.717) is 5.82 Å². The van der Waals surface area contributed by atoms with Crippen LogP contribution in [0, 0.1) is 0 Å². The van der Waals surface area contributed by atoms with Gasteiger partial charge in [0.25, 0.3) is 0 Å². The van der Waals surface area contributed by atoms with Crippen LogP contribution in [0.1, 0.15) is 0 Å². The van der Waals surface area contributed by atoms with E-state index in [9.17, 15) is 0 Å². The zero-order chi connectivity index (χ0) is 22.1. The van der Waals surface area contributed by atoms with E-state index in [1.54, 1.807) is 6.20 Å². The number of anilines is 2. The summed E-state index contributed by atoms with van der Waals surface area (Å²) in [6.07, 6.45) is 3.59. The maximum Gasteiger partial charge on any atom is 0.150 e. The molecule has 2 N–H and O–H groups in total. The van der Waals surface area contributed by atoms with E-state index in [1.807, 2.05) is 79.3 Å². The maximum absolute atomic E-state index is 6.28. The van der Waals surface area contributed by atoms with E-state index < -0.39 is 0 Å². The lowest BCUT2D eigenvalue weighted by Gasteiger charge is -2.12. The monoisotopic (exact) mass is 421 g/mol. The van der Waals surface area contributed by atoms with Gasteiger partial charge in [0, 0.05) is 43.3 Å². The number of hydrogen-bond donors (Lipinski definition) is 1. The van der Waals surface area contributed by atoms with Gasteiger partial charge in [-0.3, -0.25) is 4.40 Å². The molecule has 0 bridgehead atoms. The van der Waals surface area contributed by atoms with Crippen molar-refractivity contribution in [2.24, 2.45) is 0 Å². The fraction of sp³-hybridized carbons (Fsp3) is 0.0769. The summed E-state index contributed by atoms with van der Waals surface area (Å²) in [5.41, 5.74) is 10.9. The standard InChI is InChI=1S/C26H23N5O/c1-30(2)20-12-8-19(9-13-20)26-29-23(24-25(27)28-16-17-31(24)26)18-10-14-22(15-11-18)32-21-6-4-3-5-7-21/h3-17H,1-2H3,(H2,27,28). The predicted octanol–water partition coefficient (Wildman–Crippen LogP) is 5.50. The molecular formula is C26H23N5O. The molecule has 0 spiro atoms. The first-order valence-electron chi connectivity index (χ1n) is 10.3. The second-order valence-electron chi connectivity index (χ2n) is 7.70. The Morgan fingerprint density at radius 2 is 1.47 bits per heavy atom. The van der Waals surface area contributed by atoms with Crippen molar-refractivity contribution in [3.63, 3.8) is 0 Å². The van der Waals surface area contributed by atoms with Gasteiger partial charge in [0.1, 0.15) is 34.4 Å².